The van der Waals surface area contributed by atoms with Crippen LogP contribution in [0.1, 0.15) is 17.9 Å². The summed E-state index contributed by atoms with van der Waals surface area (Å²) in [5.74, 6) is -0.619. The minimum Gasteiger partial charge on any atom is -0.481 e. The smallest absolute Gasteiger partial charge is 0.307 e. The summed E-state index contributed by atoms with van der Waals surface area (Å²) in [7, 11) is 2.01. The first kappa shape index (κ1) is 9.46. The van der Waals surface area contributed by atoms with E-state index in [9.17, 15) is 4.79 Å². The molecule has 1 heterocycles. The molecule has 1 aromatic carbocycles. The highest BCUT2D eigenvalue weighted by molar-refractivity contribution is 5.82. The highest BCUT2D eigenvalue weighted by Crippen LogP contribution is 2.47. The molecule has 1 aliphatic rings. The largest absolute Gasteiger partial charge is 0.481 e. The molecule has 0 amide bonds. The van der Waals surface area contributed by atoms with Crippen molar-refractivity contribution in [1.82, 2.24) is 4.57 Å². The summed E-state index contributed by atoms with van der Waals surface area (Å²) >= 11 is 0. The first-order valence-corrected chi connectivity index (χ1v) is 5.44. The normalized spacial score (nSPS) is 23.6. The number of aryl methyl sites for hydroxylation is 1. The zero-order valence-corrected chi connectivity index (χ0v) is 9.05. The molecule has 3 heteroatoms. The van der Waals surface area contributed by atoms with Gasteiger partial charge in [-0.2, -0.15) is 0 Å². The second kappa shape index (κ2) is 3.11. The van der Waals surface area contributed by atoms with Crippen molar-refractivity contribution in [1.29, 1.82) is 0 Å². The Kier molecular flexibility index (Phi) is 1.84. The van der Waals surface area contributed by atoms with Crippen molar-refractivity contribution in [3.8, 4) is 0 Å². The molecular formula is C13H13NO2. The standard InChI is InChI=1S/C13H13NO2/c1-14-5-4-8-2-3-9(6-12(8)14)10-7-11(10)13(15)16/h2-6,10-11H,7H2,1H3,(H,15,16). The number of hydrogen-bond donors (Lipinski definition) is 1. The third-order valence-electron chi connectivity index (χ3n) is 3.45. The maximum Gasteiger partial charge on any atom is 0.307 e. The second-order valence-electron chi connectivity index (χ2n) is 4.53. The van der Waals surface area contributed by atoms with Crippen molar-refractivity contribution in [2.45, 2.75) is 12.3 Å². The topological polar surface area (TPSA) is 42.2 Å². The Hall–Kier alpha value is -1.77. The Morgan fingerprint density at radius 3 is 2.94 bits per heavy atom. The van der Waals surface area contributed by atoms with E-state index >= 15 is 0 Å². The minimum absolute atomic E-state index is 0.169. The Morgan fingerprint density at radius 2 is 2.25 bits per heavy atom. The molecule has 2 aromatic rings. The molecule has 0 spiro atoms. The fourth-order valence-electron chi connectivity index (χ4n) is 2.35. The summed E-state index contributed by atoms with van der Waals surface area (Å²) in [5.41, 5.74) is 2.33. The SMILES string of the molecule is Cn1ccc2ccc(C3CC3C(=O)O)cc21. The fraction of sp³-hybridized carbons (Fsp3) is 0.308. The number of carbonyl (C=O) groups is 1. The van der Waals surface area contributed by atoms with Crippen LogP contribution in [0.15, 0.2) is 30.5 Å². The molecule has 1 aromatic heterocycles. The van der Waals surface area contributed by atoms with Crippen molar-refractivity contribution >= 4 is 16.9 Å². The van der Waals surface area contributed by atoms with Gasteiger partial charge in [-0.15, -0.1) is 0 Å². The van der Waals surface area contributed by atoms with E-state index in [1.165, 1.54) is 10.9 Å². The predicted molar refractivity (Wildman–Crippen MR) is 61.4 cm³/mol. The Balaban J connectivity index is 2.00. The van der Waals surface area contributed by atoms with Crippen molar-refractivity contribution < 1.29 is 9.90 Å². The van der Waals surface area contributed by atoms with Gasteiger partial charge in [0.25, 0.3) is 0 Å². The second-order valence-corrected chi connectivity index (χ2v) is 4.53. The van der Waals surface area contributed by atoms with E-state index in [1.807, 2.05) is 13.2 Å². The lowest BCUT2D eigenvalue weighted by molar-refractivity contribution is -0.138. The molecule has 2 unspecified atom stereocenters. The molecule has 0 radical (unpaired) electrons. The Labute approximate surface area is 93.3 Å². The van der Waals surface area contributed by atoms with E-state index in [0.717, 1.165) is 12.0 Å². The van der Waals surface area contributed by atoms with E-state index in [-0.39, 0.29) is 11.8 Å². The summed E-state index contributed by atoms with van der Waals surface area (Å²) in [6, 6.07) is 8.31. The molecule has 16 heavy (non-hydrogen) atoms. The van der Waals surface area contributed by atoms with Gasteiger partial charge < -0.3 is 9.67 Å². The molecule has 3 rings (SSSR count). The van der Waals surface area contributed by atoms with Crippen LogP contribution in [-0.2, 0) is 11.8 Å². The number of hydrogen-bond acceptors (Lipinski definition) is 1. The summed E-state index contributed by atoms with van der Waals surface area (Å²) < 4.78 is 2.07. The maximum atomic E-state index is 10.8. The van der Waals surface area contributed by atoms with E-state index in [1.54, 1.807) is 0 Å². The van der Waals surface area contributed by atoms with Crippen molar-refractivity contribution in [3.63, 3.8) is 0 Å². The van der Waals surface area contributed by atoms with Crippen molar-refractivity contribution in [2.75, 3.05) is 0 Å². The quantitative estimate of drug-likeness (QED) is 0.835. The van der Waals surface area contributed by atoms with Gasteiger partial charge in [0, 0.05) is 18.8 Å². The van der Waals surface area contributed by atoms with Gasteiger partial charge in [-0.1, -0.05) is 12.1 Å². The number of nitrogens with zero attached hydrogens (tertiary/aromatic N) is 1. The van der Waals surface area contributed by atoms with E-state index in [0.29, 0.717) is 0 Å². The summed E-state index contributed by atoms with van der Waals surface area (Å²) in [5, 5.41) is 10.1. The number of benzene rings is 1. The molecule has 3 nitrogen and oxygen atoms in total. The fourth-order valence-corrected chi connectivity index (χ4v) is 2.35. The summed E-state index contributed by atoms with van der Waals surface area (Å²) in [4.78, 5) is 10.8. The lowest BCUT2D eigenvalue weighted by atomic mass is 10.1. The molecule has 0 bridgehead atoms. The third kappa shape index (κ3) is 1.32. The zero-order valence-electron chi connectivity index (χ0n) is 9.05. The molecule has 1 aliphatic carbocycles. The number of aliphatic carboxylic acids is 1. The third-order valence-corrected chi connectivity index (χ3v) is 3.45. The van der Waals surface area contributed by atoms with E-state index in [2.05, 4.69) is 28.8 Å². The molecule has 1 fully saturated rings. The van der Waals surface area contributed by atoms with Gasteiger partial charge in [-0.3, -0.25) is 4.79 Å². The number of carboxylic acids is 1. The van der Waals surface area contributed by atoms with Crippen LogP contribution >= 0.6 is 0 Å². The summed E-state index contributed by atoms with van der Waals surface area (Å²) in [6.45, 7) is 0. The van der Waals surface area contributed by atoms with Crippen LogP contribution in [-0.4, -0.2) is 15.6 Å². The molecule has 82 valence electrons. The van der Waals surface area contributed by atoms with Gasteiger partial charge in [0.05, 0.1) is 5.92 Å². The predicted octanol–water partition coefficient (Wildman–Crippen LogP) is 2.37. The van der Waals surface area contributed by atoms with Crippen LogP contribution < -0.4 is 0 Å². The van der Waals surface area contributed by atoms with Crippen molar-refractivity contribution in [3.05, 3.63) is 36.0 Å². The van der Waals surface area contributed by atoms with Crippen LogP contribution in [0.5, 0.6) is 0 Å². The van der Waals surface area contributed by atoms with Crippen LogP contribution in [0.25, 0.3) is 10.9 Å². The first-order chi connectivity index (χ1) is 7.66. The number of carboxylic acid groups (broad SMARTS) is 1. The van der Waals surface area contributed by atoms with Crippen molar-refractivity contribution in [2.24, 2.45) is 13.0 Å². The number of fused-ring (bicyclic) bond motifs is 1. The van der Waals surface area contributed by atoms with Gasteiger partial charge in [-0.05, 0) is 35.4 Å². The van der Waals surface area contributed by atoms with Gasteiger partial charge in [-0.25, -0.2) is 0 Å². The van der Waals surface area contributed by atoms with Gasteiger partial charge in [0.1, 0.15) is 0 Å². The van der Waals surface area contributed by atoms with Gasteiger partial charge >= 0.3 is 5.97 Å². The van der Waals surface area contributed by atoms with Crippen LogP contribution in [0.3, 0.4) is 0 Å². The lowest BCUT2D eigenvalue weighted by Crippen LogP contribution is -1.98. The summed E-state index contributed by atoms with van der Waals surface area (Å²) in [6.07, 6.45) is 2.81. The molecule has 1 saturated carbocycles. The first-order valence-electron chi connectivity index (χ1n) is 5.44. The Bertz CT molecular complexity index is 570. The Morgan fingerprint density at radius 1 is 1.44 bits per heavy atom. The van der Waals surface area contributed by atoms with Gasteiger partial charge in [0.2, 0.25) is 0 Å². The average Bonchev–Trinajstić information content (AvgIpc) is 2.99. The molecular weight excluding hydrogens is 202 g/mol. The lowest BCUT2D eigenvalue weighted by Gasteiger charge is -2.01. The number of rotatable bonds is 2. The molecule has 0 aliphatic heterocycles. The van der Waals surface area contributed by atoms with Crippen LogP contribution in [0, 0.1) is 5.92 Å². The molecule has 0 saturated heterocycles. The van der Waals surface area contributed by atoms with E-state index < -0.39 is 5.97 Å². The maximum absolute atomic E-state index is 10.8. The monoisotopic (exact) mass is 215 g/mol. The number of aromatic nitrogens is 1. The van der Waals surface area contributed by atoms with Gasteiger partial charge in [0.15, 0.2) is 0 Å². The van der Waals surface area contributed by atoms with E-state index in [4.69, 9.17) is 5.11 Å². The highest BCUT2D eigenvalue weighted by atomic mass is 16.4. The highest BCUT2D eigenvalue weighted by Gasteiger charge is 2.44. The average molecular weight is 215 g/mol. The molecule has 2 atom stereocenters. The van der Waals surface area contributed by atoms with Crippen LogP contribution in [0.2, 0.25) is 0 Å². The minimum atomic E-state index is -0.669. The van der Waals surface area contributed by atoms with Crippen LogP contribution in [0.4, 0.5) is 0 Å². The zero-order chi connectivity index (χ0) is 11.3. The molecule has 1 N–H and O–H groups in total.